The van der Waals surface area contributed by atoms with E-state index in [2.05, 4.69) is 15.9 Å². The highest BCUT2D eigenvalue weighted by atomic mass is 79.9. The van der Waals surface area contributed by atoms with Gasteiger partial charge in [-0.3, -0.25) is 9.69 Å². The van der Waals surface area contributed by atoms with Gasteiger partial charge in [-0.05, 0) is 41.1 Å². The molecule has 0 radical (unpaired) electrons. The second kappa shape index (κ2) is 4.20. The van der Waals surface area contributed by atoms with Gasteiger partial charge in [-0.2, -0.15) is 0 Å². The molecule has 0 N–H and O–H groups in total. The minimum absolute atomic E-state index is 0.0123. The highest BCUT2D eigenvalue weighted by Gasteiger charge is 2.53. The van der Waals surface area contributed by atoms with Crippen LogP contribution in [0.5, 0.6) is 0 Å². The van der Waals surface area contributed by atoms with Crippen molar-refractivity contribution in [2.24, 2.45) is 0 Å². The number of hydrogen-bond acceptors (Lipinski definition) is 3. The number of anilines is 1. The maximum atomic E-state index is 12.1. The zero-order valence-electron chi connectivity index (χ0n) is 10.3. The summed E-state index contributed by atoms with van der Waals surface area (Å²) >= 11 is 3.22. The van der Waals surface area contributed by atoms with Crippen molar-refractivity contribution in [1.82, 2.24) is 0 Å². The van der Waals surface area contributed by atoms with Gasteiger partial charge in [0.25, 0.3) is 0 Å². The molecule has 0 unspecified atom stereocenters. The Kier molecular flexibility index (Phi) is 2.74. The summed E-state index contributed by atoms with van der Waals surface area (Å²) in [6.45, 7) is 1.83. The van der Waals surface area contributed by atoms with E-state index in [1.54, 1.807) is 11.0 Å². The van der Waals surface area contributed by atoms with Crippen molar-refractivity contribution in [2.75, 3.05) is 4.90 Å². The fourth-order valence-corrected chi connectivity index (χ4v) is 3.20. The minimum Gasteiger partial charge on any atom is -0.436 e. The van der Waals surface area contributed by atoms with Gasteiger partial charge in [0.1, 0.15) is 0 Å². The molecular formula is C14H12BrNO3. The third-order valence-electron chi connectivity index (χ3n) is 3.57. The van der Waals surface area contributed by atoms with Crippen LogP contribution in [0, 0.1) is 0 Å². The molecule has 0 saturated carbocycles. The Bertz CT molecular complexity index is 584. The number of carbonyl (C=O) groups excluding carboxylic acids is 2. The fraction of sp³-hybridized carbons (Fsp3) is 0.286. The summed E-state index contributed by atoms with van der Waals surface area (Å²) in [6, 6.07) is 8.97. The van der Waals surface area contributed by atoms with E-state index in [0.717, 1.165) is 5.69 Å². The van der Waals surface area contributed by atoms with E-state index in [9.17, 15) is 9.59 Å². The molecule has 1 saturated heterocycles. The molecule has 4 nitrogen and oxygen atoms in total. The fourth-order valence-electron chi connectivity index (χ4n) is 2.59. The Morgan fingerprint density at radius 1 is 1.32 bits per heavy atom. The van der Waals surface area contributed by atoms with Crippen LogP contribution in [0.25, 0.3) is 0 Å². The second-order valence-electron chi connectivity index (χ2n) is 4.89. The number of allylic oxidation sites excluding steroid dienone is 1. The maximum absolute atomic E-state index is 12.1. The molecule has 1 aliphatic heterocycles. The molecule has 0 aromatic heterocycles. The molecule has 98 valence electrons. The highest BCUT2D eigenvalue weighted by Crippen LogP contribution is 2.41. The first-order valence-corrected chi connectivity index (χ1v) is 6.79. The van der Waals surface area contributed by atoms with Crippen LogP contribution in [0.4, 0.5) is 10.5 Å². The number of hydrogen-bond donors (Lipinski definition) is 0. The van der Waals surface area contributed by atoms with Crippen molar-refractivity contribution in [3.63, 3.8) is 0 Å². The Labute approximate surface area is 119 Å². The lowest BCUT2D eigenvalue weighted by Crippen LogP contribution is -2.46. The lowest BCUT2D eigenvalue weighted by atomic mass is 9.86. The lowest BCUT2D eigenvalue weighted by Gasteiger charge is -2.32. The number of Topliss-reactive ketones (excluding diaryl/α,β-unsaturated/α-hetero) is 1. The quantitative estimate of drug-likeness (QED) is 0.798. The standard InChI is InChI=1S/C14H12BrNO3/c1-14-8-10(15)11(17)7-12(14)16(13(18)19-14)9-5-3-2-4-6-9/h2-6,8,12H,7H2,1H3/t12-,14+/m0/s1. The van der Waals surface area contributed by atoms with E-state index >= 15 is 0 Å². The van der Waals surface area contributed by atoms with Gasteiger partial charge in [-0.15, -0.1) is 0 Å². The van der Waals surface area contributed by atoms with Gasteiger partial charge in [-0.1, -0.05) is 18.2 Å². The van der Waals surface area contributed by atoms with Crippen LogP contribution in [-0.2, 0) is 9.53 Å². The molecule has 1 fully saturated rings. The topological polar surface area (TPSA) is 46.6 Å². The number of amides is 1. The van der Waals surface area contributed by atoms with Crippen molar-refractivity contribution in [1.29, 1.82) is 0 Å². The molecule has 1 amide bonds. The predicted molar refractivity (Wildman–Crippen MR) is 74.2 cm³/mol. The van der Waals surface area contributed by atoms with Crippen molar-refractivity contribution in [3.05, 3.63) is 40.9 Å². The summed E-state index contributed by atoms with van der Waals surface area (Å²) in [7, 11) is 0. The number of nitrogens with zero attached hydrogens (tertiary/aromatic N) is 1. The number of rotatable bonds is 1. The largest absolute Gasteiger partial charge is 0.436 e. The van der Waals surface area contributed by atoms with Gasteiger partial charge in [0.2, 0.25) is 0 Å². The molecule has 0 spiro atoms. The molecule has 3 rings (SSSR count). The summed E-state index contributed by atoms with van der Waals surface area (Å²) in [5, 5.41) is 0. The van der Waals surface area contributed by atoms with Crippen molar-refractivity contribution in [2.45, 2.75) is 25.0 Å². The Morgan fingerprint density at radius 3 is 2.68 bits per heavy atom. The van der Waals surface area contributed by atoms with Crippen LogP contribution in [0.3, 0.4) is 0 Å². The minimum atomic E-state index is -0.764. The van der Waals surface area contributed by atoms with E-state index in [-0.39, 0.29) is 18.2 Å². The first kappa shape index (κ1) is 12.4. The molecule has 19 heavy (non-hydrogen) atoms. The monoisotopic (exact) mass is 321 g/mol. The summed E-state index contributed by atoms with van der Waals surface area (Å²) < 4.78 is 5.95. The lowest BCUT2D eigenvalue weighted by molar-refractivity contribution is -0.116. The number of ketones is 1. The first-order chi connectivity index (χ1) is 9.01. The number of halogens is 1. The average Bonchev–Trinajstić information content (AvgIpc) is 2.61. The molecule has 0 bridgehead atoms. The van der Waals surface area contributed by atoms with Gasteiger partial charge in [0, 0.05) is 12.1 Å². The number of benzene rings is 1. The van der Waals surface area contributed by atoms with E-state index in [0.29, 0.717) is 4.48 Å². The van der Waals surface area contributed by atoms with Crippen LogP contribution in [0.15, 0.2) is 40.9 Å². The van der Waals surface area contributed by atoms with Gasteiger partial charge >= 0.3 is 6.09 Å². The molecule has 1 aliphatic carbocycles. The van der Waals surface area contributed by atoms with Gasteiger partial charge in [0.15, 0.2) is 11.4 Å². The van der Waals surface area contributed by atoms with Crippen LogP contribution < -0.4 is 4.90 Å². The van der Waals surface area contributed by atoms with E-state index in [1.807, 2.05) is 37.3 Å². The first-order valence-electron chi connectivity index (χ1n) is 6.00. The smallest absolute Gasteiger partial charge is 0.415 e. The molecular weight excluding hydrogens is 310 g/mol. The number of para-hydroxylation sites is 1. The number of fused-ring (bicyclic) bond motifs is 1. The molecule has 2 aliphatic rings. The summed E-state index contributed by atoms with van der Waals surface area (Å²) in [6.07, 6.45) is 1.53. The zero-order valence-corrected chi connectivity index (χ0v) is 11.9. The van der Waals surface area contributed by atoms with E-state index < -0.39 is 11.7 Å². The third kappa shape index (κ3) is 1.89. The zero-order chi connectivity index (χ0) is 13.6. The van der Waals surface area contributed by atoms with Crippen LogP contribution in [-0.4, -0.2) is 23.5 Å². The van der Waals surface area contributed by atoms with E-state index in [4.69, 9.17) is 4.74 Å². The molecule has 1 aromatic rings. The van der Waals surface area contributed by atoms with Crippen LogP contribution in [0.2, 0.25) is 0 Å². The Hall–Kier alpha value is -1.62. The normalized spacial score (nSPS) is 29.9. The maximum Gasteiger partial charge on any atom is 0.415 e. The summed E-state index contributed by atoms with van der Waals surface area (Å²) in [4.78, 5) is 25.5. The number of carbonyl (C=O) groups is 2. The Morgan fingerprint density at radius 2 is 2.00 bits per heavy atom. The summed E-state index contributed by atoms with van der Waals surface area (Å²) in [5.41, 5.74) is -0.0138. The SMILES string of the molecule is C[C@@]12C=C(Br)C(=O)C[C@@H]1N(c1ccccc1)C(=O)O2. The van der Waals surface area contributed by atoms with Crippen LogP contribution in [0.1, 0.15) is 13.3 Å². The summed E-state index contributed by atoms with van der Waals surface area (Å²) in [5.74, 6) is -0.0123. The average molecular weight is 322 g/mol. The molecule has 1 aromatic carbocycles. The Balaban J connectivity index is 2.05. The van der Waals surface area contributed by atoms with Gasteiger partial charge in [-0.25, -0.2) is 4.79 Å². The van der Waals surface area contributed by atoms with E-state index in [1.165, 1.54) is 0 Å². The number of ether oxygens (including phenoxy) is 1. The van der Waals surface area contributed by atoms with Crippen LogP contribution >= 0.6 is 15.9 Å². The highest BCUT2D eigenvalue weighted by molar-refractivity contribution is 9.12. The van der Waals surface area contributed by atoms with Gasteiger partial charge in [0.05, 0.1) is 10.5 Å². The predicted octanol–water partition coefficient (Wildman–Crippen LogP) is 3.02. The van der Waals surface area contributed by atoms with Crippen molar-refractivity contribution < 1.29 is 14.3 Å². The van der Waals surface area contributed by atoms with Gasteiger partial charge < -0.3 is 4.74 Å². The molecule has 2 atom stereocenters. The molecule has 5 heteroatoms. The van der Waals surface area contributed by atoms with Crippen molar-refractivity contribution in [3.8, 4) is 0 Å². The third-order valence-corrected chi connectivity index (χ3v) is 4.24. The molecule has 1 heterocycles. The second-order valence-corrected chi connectivity index (χ2v) is 5.75. The van der Waals surface area contributed by atoms with Crippen molar-refractivity contribution >= 4 is 33.5 Å².